The van der Waals surface area contributed by atoms with Gasteiger partial charge in [0.1, 0.15) is 10.6 Å². The van der Waals surface area contributed by atoms with Crippen molar-refractivity contribution >= 4 is 27.4 Å². The van der Waals surface area contributed by atoms with Crippen molar-refractivity contribution in [2.24, 2.45) is 0 Å². The zero-order valence-electron chi connectivity index (χ0n) is 16.0. The minimum Gasteiger partial charge on any atom is -0.454 e. The quantitative estimate of drug-likeness (QED) is 0.502. The van der Waals surface area contributed by atoms with Gasteiger partial charge in [-0.25, -0.2) is 9.97 Å². The topological polar surface area (TPSA) is 69.2 Å². The first-order chi connectivity index (χ1) is 14.3. The molecule has 0 aliphatic carbocycles. The van der Waals surface area contributed by atoms with E-state index in [1.54, 1.807) is 23.7 Å². The molecule has 0 spiro atoms. The monoisotopic (exact) mass is 404 g/mol. The van der Waals surface area contributed by atoms with Crippen LogP contribution in [0.15, 0.2) is 48.8 Å². The number of aromatic nitrogens is 3. The molecular formula is C22H20N4O2S. The second-order valence-corrected chi connectivity index (χ2v) is 7.90. The van der Waals surface area contributed by atoms with Gasteiger partial charge < -0.3 is 14.8 Å². The summed E-state index contributed by atoms with van der Waals surface area (Å²) >= 11 is 1.73. The molecule has 6 nitrogen and oxygen atoms in total. The predicted octanol–water partition coefficient (Wildman–Crippen LogP) is 4.70. The van der Waals surface area contributed by atoms with Crippen LogP contribution in [0.25, 0.3) is 21.6 Å². The standard InChI is InChI=1S/C22H20N4O2S/c1-2-16-12-17-21(24-10-5-14-3-4-18-19(11-14)28-13-27-18)25-20(26-22(17)29-16)15-6-8-23-9-7-15/h3-4,6-9,11-12H,2,5,10,13H2,1H3,(H,24,25,26). The molecule has 4 aromatic rings. The van der Waals surface area contributed by atoms with Crippen molar-refractivity contribution < 1.29 is 9.47 Å². The number of fused-ring (bicyclic) bond motifs is 2. The van der Waals surface area contributed by atoms with Gasteiger partial charge in [0.15, 0.2) is 17.3 Å². The summed E-state index contributed by atoms with van der Waals surface area (Å²) in [4.78, 5) is 16.0. The third-order valence-corrected chi connectivity index (χ3v) is 6.05. The van der Waals surface area contributed by atoms with Crippen LogP contribution in [-0.4, -0.2) is 28.3 Å². The predicted molar refractivity (Wildman–Crippen MR) is 115 cm³/mol. The summed E-state index contributed by atoms with van der Waals surface area (Å²) in [6.07, 6.45) is 5.38. The van der Waals surface area contributed by atoms with Crippen LogP contribution < -0.4 is 14.8 Å². The van der Waals surface area contributed by atoms with Gasteiger partial charge in [0.2, 0.25) is 6.79 Å². The van der Waals surface area contributed by atoms with Crippen molar-refractivity contribution in [3.05, 3.63) is 59.2 Å². The van der Waals surface area contributed by atoms with E-state index in [2.05, 4.69) is 29.4 Å². The SMILES string of the molecule is CCc1cc2c(NCCc3ccc4c(c3)OCO4)nc(-c3ccncc3)nc2s1. The van der Waals surface area contributed by atoms with Crippen LogP contribution in [-0.2, 0) is 12.8 Å². The Labute approximate surface area is 172 Å². The van der Waals surface area contributed by atoms with E-state index < -0.39 is 0 Å². The van der Waals surface area contributed by atoms with Crippen molar-refractivity contribution in [1.82, 2.24) is 15.0 Å². The Hall–Kier alpha value is -3.19. The van der Waals surface area contributed by atoms with E-state index >= 15 is 0 Å². The minimum atomic E-state index is 0.297. The summed E-state index contributed by atoms with van der Waals surface area (Å²) < 4.78 is 10.9. The number of rotatable bonds is 6. The number of ether oxygens (including phenoxy) is 2. The number of anilines is 1. The molecule has 0 atom stereocenters. The Kier molecular flexibility index (Phi) is 4.73. The molecule has 0 amide bonds. The average molecular weight is 404 g/mol. The van der Waals surface area contributed by atoms with E-state index in [0.29, 0.717) is 6.79 Å². The molecule has 1 N–H and O–H groups in total. The Morgan fingerprint density at radius 3 is 2.76 bits per heavy atom. The number of thiophene rings is 1. The van der Waals surface area contributed by atoms with Gasteiger partial charge in [-0.2, -0.15) is 0 Å². The fraction of sp³-hybridized carbons (Fsp3) is 0.227. The molecule has 0 fully saturated rings. The average Bonchev–Trinajstić information content (AvgIpc) is 3.40. The lowest BCUT2D eigenvalue weighted by atomic mass is 10.1. The van der Waals surface area contributed by atoms with Crippen molar-refractivity contribution in [3.8, 4) is 22.9 Å². The minimum absolute atomic E-state index is 0.297. The zero-order valence-corrected chi connectivity index (χ0v) is 16.8. The van der Waals surface area contributed by atoms with Gasteiger partial charge in [-0.15, -0.1) is 11.3 Å². The maximum Gasteiger partial charge on any atom is 0.231 e. The molecule has 7 heteroatoms. The Morgan fingerprint density at radius 2 is 1.90 bits per heavy atom. The van der Waals surface area contributed by atoms with Crippen LogP contribution in [0.2, 0.25) is 0 Å². The van der Waals surface area contributed by atoms with E-state index in [1.165, 1.54) is 10.4 Å². The van der Waals surface area contributed by atoms with Crippen LogP contribution in [0.4, 0.5) is 5.82 Å². The number of nitrogens with zero attached hydrogens (tertiary/aromatic N) is 3. The van der Waals surface area contributed by atoms with Gasteiger partial charge in [0.05, 0.1) is 5.39 Å². The number of benzene rings is 1. The van der Waals surface area contributed by atoms with Gasteiger partial charge in [-0.1, -0.05) is 13.0 Å². The molecule has 4 heterocycles. The molecule has 1 aliphatic heterocycles. The fourth-order valence-electron chi connectivity index (χ4n) is 3.33. The van der Waals surface area contributed by atoms with Crippen molar-refractivity contribution in [2.45, 2.75) is 19.8 Å². The molecule has 0 unspecified atom stereocenters. The molecule has 0 bridgehead atoms. The van der Waals surface area contributed by atoms with Crippen LogP contribution >= 0.6 is 11.3 Å². The van der Waals surface area contributed by atoms with Crippen LogP contribution in [0, 0.1) is 0 Å². The third kappa shape index (κ3) is 3.61. The van der Waals surface area contributed by atoms with Crippen LogP contribution in [0.5, 0.6) is 11.5 Å². The lowest BCUT2D eigenvalue weighted by molar-refractivity contribution is 0.174. The smallest absolute Gasteiger partial charge is 0.231 e. The molecule has 0 radical (unpaired) electrons. The summed E-state index contributed by atoms with van der Waals surface area (Å²) in [6.45, 7) is 3.22. The van der Waals surface area contributed by atoms with Crippen LogP contribution in [0.1, 0.15) is 17.4 Å². The summed E-state index contributed by atoms with van der Waals surface area (Å²) in [6, 6.07) is 12.2. The normalized spacial score (nSPS) is 12.4. The molecule has 5 rings (SSSR count). The highest BCUT2D eigenvalue weighted by molar-refractivity contribution is 7.18. The Bertz CT molecular complexity index is 1160. The zero-order chi connectivity index (χ0) is 19.6. The summed E-state index contributed by atoms with van der Waals surface area (Å²) in [5.74, 6) is 3.22. The van der Waals surface area contributed by atoms with Gasteiger partial charge in [-0.05, 0) is 48.7 Å². The highest BCUT2D eigenvalue weighted by Crippen LogP contribution is 2.33. The fourth-order valence-corrected chi connectivity index (χ4v) is 4.30. The number of pyridine rings is 1. The molecule has 1 aliphatic rings. The number of aryl methyl sites for hydroxylation is 1. The van der Waals surface area contributed by atoms with Gasteiger partial charge >= 0.3 is 0 Å². The molecular weight excluding hydrogens is 384 g/mol. The summed E-state index contributed by atoms with van der Waals surface area (Å²) in [5, 5.41) is 4.60. The van der Waals surface area contributed by atoms with E-state index in [4.69, 9.17) is 19.4 Å². The van der Waals surface area contributed by atoms with E-state index in [9.17, 15) is 0 Å². The molecule has 1 aromatic carbocycles. The van der Waals surface area contributed by atoms with Gasteiger partial charge in [0, 0.05) is 29.4 Å². The molecule has 0 saturated heterocycles. The molecule has 29 heavy (non-hydrogen) atoms. The van der Waals surface area contributed by atoms with Crippen LogP contribution in [0.3, 0.4) is 0 Å². The van der Waals surface area contributed by atoms with E-state index in [0.717, 1.165) is 58.3 Å². The van der Waals surface area contributed by atoms with Gasteiger partial charge in [0.25, 0.3) is 0 Å². The highest BCUT2D eigenvalue weighted by atomic mass is 32.1. The first-order valence-corrected chi connectivity index (χ1v) is 10.4. The van der Waals surface area contributed by atoms with Crippen molar-refractivity contribution in [1.29, 1.82) is 0 Å². The lowest BCUT2D eigenvalue weighted by Gasteiger charge is -2.09. The number of hydrogen-bond acceptors (Lipinski definition) is 7. The molecule has 0 saturated carbocycles. The molecule has 3 aromatic heterocycles. The van der Waals surface area contributed by atoms with Crippen molar-refractivity contribution in [3.63, 3.8) is 0 Å². The summed E-state index contributed by atoms with van der Waals surface area (Å²) in [5.41, 5.74) is 2.16. The first kappa shape index (κ1) is 17.9. The maximum absolute atomic E-state index is 5.47. The Morgan fingerprint density at radius 1 is 1.03 bits per heavy atom. The third-order valence-electron chi connectivity index (χ3n) is 4.87. The number of hydrogen-bond donors (Lipinski definition) is 1. The largest absolute Gasteiger partial charge is 0.454 e. The summed E-state index contributed by atoms with van der Waals surface area (Å²) in [7, 11) is 0. The molecule has 146 valence electrons. The highest BCUT2D eigenvalue weighted by Gasteiger charge is 2.14. The lowest BCUT2D eigenvalue weighted by Crippen LogP contribution is -2.07. The second-order valence-electron chi connectivity index (χ2n) is 6.78. The van der Waals surface area contributed by atoms with Gasteiger partial charge in [-0.3, -0.25) is 4.98 Å². The van der Waals surface area contributed by atoms with E-state index in [1.807, 2.05) is 24.3 Å². The second kappa shape index (κ2) is 7.67. The van der Waals surface area contributed by atoms with E-state index in [-0.39, 0.29) is 0 Å². The maximum atomic E-state index is 5.47. The van der Waals surface area contributed by atoms with Crippen molar-refractivity contribution in [2.75, 3.05) is 18.7 Å². The number of nitrogens with one attached hydrogen (secondary N) is 1. The first-order valence-electron chi connectivity index (χ1n) is 9.63. The Balaban J connectivity index is 1.41.